The maximum Gasteiger partial charge on any atom is 0.276 e. The smallest absolute Gasteiger partial charge is 0.276 e. The molecule has 4 aromatic heterocycles. The maximum absolute atomic E-state index is 12.6. The number of hydrogen-bond donors (Lipinski definition) is 1. The molecule has 1 amide bonds. The van der Waals surface area contributed by atoms with Gasteiger partial charge in [-0.1, -0.05) is 0 Å². The van der Waals surface area contributed by atoms with E-state index in [4.69, 9.17) is 0 Å². The Hall–Kier alpha value is -3.49. The van der Waals surface area contributed by atoms with Crippen molar-refractivity contribution in [1.82, 2.24) is 34.2 Å². The summed E-state index contributed by atoms with van der Waals surface area (Å²) >= 11 is 0. The molecule has 0 radical (unpaired) electrons. The largest absolute Gasteiger partial charge is 0.318 e. The summed E-state index contributed by atoms with van der Waals surface area (Å²) in [7, 11) is 3.71. The molecule has 0 saturated heterocycles. The fraction of sp³-hybridized carbons (Fsp3) is 0.235. The van der Waals surface area contributed by atoms with Crippen LogP contribution in [-0.4, -0.2) is 40.1 Å². The van der Waals surface area contributed by atoms with Gasteiger partial charge in [0.15, 0.2) is 11.3 Å². The number of anilines is 1. The number of nitrogens with one attached hydrogen (secondary N) is 1. The van der Waals surface area contributed by atoms with Gasteiger partial charge in [0.2, 0.25) is 0 Å². The third-order valence-electron chi connectivity index (χ3n) is 4.59. The van der Waals surface area contributed by atoms with Crippen LogP contribution in [0.5, 0.6) is 0 Å². The average Bonchev–Trinajstić information content (AvgIpc) is 3.29. The Morgan fingerprint density at radius 2 is 1.81 bits per heavy atom. The first-order valence-corrected chi connectivity index (χ1v) is 8.09. The van der Waals surface area contributed by atoms with Gasteiger partial charge in [-0.05, 0) is 19.9 Å². The SMILES string of the molecule is Cc1c(NC(=O)c2cc3nccc(-c4cnn(C)c4C)n3n2)cnn1C. The van der Waals surface area contributed by atoms with Crippen LogP contribution >= 0.6 is 0 Å². The fourth-order valence-electron chi connectivity index (χ4n) is 2.77. The zero-order valence-corrected chi connectivity index (χ0v) is 14.9. The molecule has 1 N–H and O–H groups in total. The van der Waals surface area contributed by atoms with Crippen molar-refractivity contribution in [3.8, 4) is 11.3 Å². The van der Waals surface area contributed by atoms with E-state index in [1.165, 1.54) is 0 Å². The molecule has 0 atom stereocenters. The van der Waals surface area contributed by atoms with Crippen LogP contribution in [0.2, 0.25) is 0 Å². The van der Waals surface area contributed by atoms with Crippen LogP contribution in [0.1, 0.15) is 21.9 Å². The quantitative estimate of drug-likeness (QED) is 0.607. The van der Waals surface area contributed by atoms with Crippen molar-refractivity contribution in [3.63, 3.8) is 0 Å². The molecular formula is C17H18N8O. The fourth-order valence-corrected chi connectivity index (χ4v) is 2.77. The monoisotopic (exact) mass is 350 g/mol. The Bertz CT molecular complexity index is 1130. The lowest BCUT2D eigenvalue weighted by Crippen LogP contribution is -2.13. The normalized spacial score (nSPS) is 11.2. The molecule has 0 aliphatic carbocycles. The Kier molecular flexibility index (Phi) is 3.57. The van der Waals surface area contributed by atoms with Crippen molar-refractivity contribution in [1.29, 1.82) is 0 Å². The minimum atomic E-state index is -0.305. The number of fused-ring (bicyclic) bond motifs is 1. The molecule has 0 unspecified atom stereocenters. The van der Waals surface area contributed by atoms with Crippen molar-refractivity contribution in [3.05, 3.63) is 47.8 Å². The number of aromatic nitrogens is 7. The Morgan fingerprint density at radius 3 is 2.46 bits per heavy atom. The van der Waals surface area contributed by atoms with Crippen LogP contribution in [-0.2, 0) is 14.1 Å². The van der Waals surface area contributed by atoms with Crippen molar-refractivity contribution >= 4 is 17.2 Å². The van der Waals surface area contributed by atoms with Crippen molar-refractivity contribution in [2.75, 3.05) is 5.32 Å². The first-order valence-electron chi connectivity index (χ1n) is 8.09. The number of amides is 1. The summed E-state index contributed by atoms with van der Waals surface area (Å²) in [5, 5.41) is 15.7. The number of nitrogens with zero attached hydrogens (tertiary/aromatic N) is 7. The first kappa shape index (κ1) is 16.0. The molecule has 26 heavy (non-hydrogen) atoms. The average molecular weight is 350 g/mol. The van der Waals surface area contributed by atoms with Gasteiger partial charge in [0.05, 0.1) is 29.5 Å². The van der Waals surface area contributed by atoms with Gasteiger partial charge in [0.25, 0.3) is 5.91 Å². The van der Waals surface area contributed by atoms with Gasteiger partial charge >= 0.3 is 0 Å². The van der Waals surface area contributed by atoms with E-state index < -0.39 is 0 Å². The van der Waals surface area contributed by atoms with E-state index in [1.54, 1.807) is 38.5 Å². The van der Waals surface area contributed by atoms with Gasteiger partial charge in [-0.2, -0.15) is 15.3 Å². The highest BCUT2D eigenvalue weighted by atomic mass is 16.2. The van der Waals surface area contributed by atoms with Crippen molar-refractivity contribution < 1.29 is 4.79 Å². The molecule has 0 fully saturated rings. The molecule has 4 rings (SSSR count). The van der Waals surface area contributed by atoms with E-state index in [0.717, 1.165) is 22.6 Å². The predicted octanol–water partition coefficient (Wildman–Crippen LogP) is 1.73. The lowest BCUT2D eigenvalue weighted by molar-refractivity contribution is 0.102. The van der Waals surface area contributed by atoms with Gasteiger partial charge in [-0.15, -0.1) is 0 Å². The molecule has 4 aromatic rings. The molecule has 0 aliphatic rings. The number of carbonyl (C=O) groups is 1. The second-order valence-corrected chi connectivity index (χ2v) is 6.12. The first-order chi connectivity index (χ1) is 12.5. The number of rotatable bonds is 3. The molecule has 9 nitrogen and oxygen atoms in total. The van der Waals surface area contributed by atoms with E-state index in [0.29, 0.717) is 11.3 Å². The van der Waals surface area contributed by atoms with E-state index in [-0.39, 0.29) is 11.6 Å². The lowest BCUT2D eigenvalue weighted by Gasteiger charge is -2.04. The summed E-state index contributed by atoms with van der Waals surface area (Å²) in [5.74, 6) is -0.305. The summed E-state index contributed by atoms with van der Waals surface area (Å²) in [6.45, 7) is 3.87. The molecular weight excluding hydrogens is 332 g/mol. The lowest BCUT2D eigenvalue weighted by atomic mass is 10.2. The standard InChI is InChI=1S/C17H18N8O/c1-10-12(8-19-23(10)3)15-5-6-18-16-7-13(22-25(15)16)17(26)21-14-9-20-24(4)11(14)2/h5-9H,1-4H3,(H,21,26). The summed E-state index contributed by atoms with van der Waals surface area (Å²) in [4.78, 5) is 16.9. The zero-order chi connectivity index (χ0) is 18.4. The highest BCUT2D eigenvalue weighted by Gasteiger charge is 2.17. The van der Waals surface area contributed by atoms with E-state index in [2.05, 4.69) is 25.6 Å². The molecule has 0 spiro atoms. The second-order valence-electron chi connectivity index (χ2n) is 6.12. The summed E-state index contributed by atoms with van der Waals surface area (Å²) < 4.78 is 5.16. The van der Waals surface area contributed by atoms with Crippen LogP contribution < -0.4 is 5.32 Å². The number of hydrogen-bond acceptors (Lipinski definition) is 5. The minimum Gasteiger partial charge on any atom is -0.318 e. The molecule has 132 valence electrons. The highest BCUT2D eigenvalue weighted by molar-refractivity contribution is 6.03. The molecule has 0 aliphatic heterocycles. The van der Waals surface area contributed by atoms with Crippen molar-refractivity contribution in [2.24, 2.45) is 14.1 Å². The van der Waals surface area contributed by atoms with Crippen LogP contribution in [0.4, 0.5) is 5.69 Å². The third kappa shape index (κ3) is 2.44. The molecule has 0 bridgehead atoms. The maximum atomic E-state index is 12.6. The number of carbonyl (C=O) groups excluding carboxylic acids is 1. The van der Waals surface area contributed by atoms with Crippen molar-refractivity contribution in [2.45, 2.75) is 13.8 Å². The van der Waals surface area contributed by atoms with Gasteiger partial charge in [0.1, 0.15) is 0 Å². The minimum absolute atomic E-state index is 0.287. The van der Waals surface area contributed by atoms with Gasteiger partial charge < -0.3 is 5.32 Å². The Morgan fingerprint density at radius 1 is 1.08 bits per heavy atom. The third-order valence-corrected chi connectivity index (χ3v) is 4.59. The van der Waals surface area contributed by atoms with E-state index >= 15 is 0 Å². The molecule has 0 aromatic carbocycles. The summed E-state index contributed by atoms with van der Waals surface area (Å²) in [6, 6.07) is 3.52. The Balaban J connectivity index is 1.74. The Labute approximate surface area is 149 Å². The van der Waals surface area contributed by atoms with Crippen LogP contribution in [0.15, 0.2) is 30.7 Å². The molecule has 4 heterocycles. The second kappa shape index (κ2) is 5.80. The zero-order valence-electron chi connectivity index (χ0n) is 14.9. The number of aryl methyl sites for hydroxylation is 2. The topological polar surface area (TPSA) is 94.9 Å². The summed E-state index contributed by atoms with van der Waals surface area (Å²) in [5.41, 5.74) is 5.19. The highest BCUT2D eigenvalue weighted by Crippen LogP contribution is 2.23. The van der Waals surface area contributed by atoms with Gasteiger partial charge in [0, 0.05) is 37.6 Å². The van der Waals surface area contributed by atoms with Crippen LogP contribution in [0.3, 0.4) is 0 Å². The van der Waals surface area contributed by atoms with Gasteiger partial charge in [-0.25, -0.2) is 9.50 Å². The summed E-state index contributed by atoms with van der Waals surface area (Å²) in [6.07, 6.45) is 5.10. The van der Waals surface area contributed by atoms with E-state index in [1.807, 2.05) is 34.0 Å². The molecule has 0 saturated carbocycles. The van der Waals surface area contributed by atoms with Crippen LogP contribution in [0, 0.1) is 13.8 Å². The molecule has 9 heteroatoms. The van der Waals surface area contributed by atoms with E-state index in [9.17, 15) is 4.79 Å². The van der Waals surface area contributed by atoms with Crippen LogP contribution in [0.25, 0.3) is 16.9 Å². The van der Waals surface area contributed by atoms with Gasteiger partial charge in [-0.3, -0.25) is 14.2 Å². The predicted molar refractivity (Wildman–Crippen MR) is 95.8 cm³/mol.